The maximum Gasteiger partial charge on any atom is 0.264 e. The number of benzene rings is 1. The molecule has 8 nitrogen and oxygen atoms in total. The average molecular weight is 511 g/mol. The number of pyridine rings is 1. The number of rotatable bonds is 8. The number of nitrogens with zero attached hydrogens (tertiary/aromatic N) is 2. The molecule has 1 aromatic carbocycles. The van der Waals surface area contributed by atoms with Gasteiger partial charge in [-0.3, -0.25) is 4.79 Å². The van der Waals surface area contributed by atoms with Crippen LogP contribution in [0.2, 0.25) is 0 Å². The molecule has 2 fully saturated rings. The average Bonchev–Trinajstić information content (AvgIpc) is 3.53. The van der Waals surface area contributed by atoms with Gasteiger partial charge in [-0.25, -0.2) is 18.1 Å². The third-order valence-electron chi connectivity index (χ3n) is 7.31. The largest absolute Gasteiger partial charge is 0.375 e. The summed E-state index contributed by atoms with van der Waals surface area (Å²) in [5.41, 5.74) is 1.68. The number of hydrogen-bond donors (Lipinski definition) is 2. The molecule has 1 amide bonds. The Morgan fingerprint density at radius 3 is 2.67 bits per heavy atom. The van der Waals surface area contributed by atoms with E-state index in [4.69, 9.17) is 9.72 Å². The van der Waals surface area contributed by atoms with Crippen LogP contribution >= 0.6 is 0 Å². The highest BCUT2D eigenvalue weighted by molar-refractivity contribution is 7.90. The topological polar surface area (TPSA) is 104 Å². The molecule has 5 rings (SSSR count). The van der Waals surface area contributed by atoms with Crippen molar-refractivity contribution in [3.05, 3.63) is 53.9 Å². The van der Waals surface area contributed by atoms with Gasteiger partial charge in [0.1, 0.15) is 5.82 Å². The fraction of sp³-hybridized carbons (Fsp3) is 0.481. The van der Waals surface area contributed by atoms with Gasteiger partial charge in [-0.1, -0.05) is 13.0 Å². The number of carbonyl (C=O) groups excluding carboxylic acids is 1. The SMILES string of the molecule is CCc1cnc(N2CCC(OC(C)C)CC2)c(C2(C(=O)NS(=O)(=O)c3cccc4[nH]ccc34)CC2)c1. The Balaban J connectivity index is 1.43. The smallest absolute Gasteiger partial charge is 0.264 e. The number of amides is 1. The minimum atomic E-state index is -4.05. The molecule has 1 aliphatic heterocycles. The fourth-order valence-corrected chi connectivity index (χ4v) is 6.47. The van der Waals surface area contributed by atoms with Crippen LogP contribution in [0.25, 0.3) is 10.9 Å². The van der Waals surface area contributed by atoms with Gasteiger partial charge in [0.05, 0.1) is 22.5 Å². The molecule has 0 radical (unpaired) electrons. The number of nitrogens with one attached hydrogen (secondary N) is 2. The number of aryl methyl sites for hydroxylation is 1. The van der Waals surface area contributed by atoms with E-state index >= 15 is 0 Å². The lowest BCUT2D eigenvalue weighted by Gasteiger charge is -2.35. The first-order valence-corrected chi connectivity index (χ1v) is 14.2. The molecule has 192 valence electrons. The lowest BCUT2D eigenvalue weighted by Crippen LogP contribution is -2.42. The summed E-state index contributed by atoms with van der Waals surface area (Å²) >= 11 is 0. The monoisotopic (exact) mass is 510 g/mol. The van der Waals surface area contributed by atoms with Crippen LogP contribution in [0.1, 0.15) is 57.6 Å². The maximum absolute atomic E-state index is 13.6. The quantitative estimate of drug-likeness (QED) is 0.474. The summed E-state index contributed by atoms with van der Waals surface area (Å²) in [6.45, 7) is 7.73. The number of sulfonamides is 1. The first kappa shape index (κ1) is 24.8. The van der Waals surface area contributed by atoms with Crippen LogP contribution in [0, 0.1) is 0 Å². The Labute approximate surface area is 212 Å². The number of anilines is 1. The van der Waals surface area contributed by atoms with Crippen molar-refractivity contribution < 1.29 is 17.9 Å². The fourth-order valence-electron chi connectivity index (χ4n) is 5.20. The second kappa shape index (κ2) is 9.52. The zero-order chi connectivity index (χ0) is 25.5. The van der Waals surface area contributed by atoms with Crippen molar-refractivity contribution in [1.29, 1.82) is 0 Å². The lowest BCUT2D eigenvalue weighted by molar-refractivity contribution is -0.121. The van der Waals surface area contributed by atoms with E-state index in [1.165, 1.54) is 6.07 Å². The molecule has 2 aromatic heterocycles. The highest BCUT2D eigenvalue weighted by atomic mass is 32.2. The van der Waals surface area contributed by atoms with Crippen molar-refractivity contribution in [2.24, 2.45) is 0 Å². The zero-order valence-electron chi connectivity index (χ0n) is 21.1. The number of aromatic amines is 1. The molecule has 0 spiro atoms. The molecule has 9 heteroatoms. The van der Waals surface area contributed by atoms with Gasteiger partial charge in [-0.05, 0) is 75.8 Å². The molecule has 1 saturated heterocycles. The van der Waals surface area contributed by atoms with E-state index < -0.39 is 21.3 Å². The van der Waals surface area contributed by atoms with Gasteiger partial charge in [-0.15, -0.1) is 0 Å². The molecular weight excluding hydrogens is 476 g/mol. The Morgan fingerprint density at radius 1 is 1.25 bits per heavy atom. The van der Waals surface area contributed by atoms with Gasteiger partial charge in [-0.2, -0.15) is 0 Å². The van der Waals surface area contributed by atoms with Gasteiger partial charge < -0.3 is 14.6 Å². The molecule has 0 unspecified atom stereocenters. The first-order valence-electron chi connectivity index (χ1n) is 12.8. The van der Waals surface area contributed by atoms with E-state index in [1.807, 2.05) is 18.3 Å². The minimum absolute atomic E-state index is 0.0956. The van der Waals surface area contributed by atoms with Crippen LogP contribution < -0.4 is 9.62 Å². The molecule has 1 aliphatic carbocycles. The van der Waals surface area contributed by atoms with Crippen LogP contribution in [0.15, 0.2) is 47.6 Å². The molecule has 2 N–H and O–H groups in total. The number of carbonyl (C=O) groups is 1. The molecule has 0 atom stereocenters. The standard InChI is InChI=1S/C27H34N4O4S/c1-4-19-16-22(25(29-17-19)31-14-9-20(10-15-31)35-18(2)3)27(11-12-27)26(32)30-36(33,34)24-7-5-6-23-21(24)8-13-28-23/h5-8,13,16-18,20,28H,4,9-12,14-15H2,1-3H3,(H,30,32). The van der Waals surface area contributed by atoms with Gasteiger partial charge in [0.2, 0.25) is 5.91 Å². The number of fused-ring (bicyclic) bond motifs is 1. The van der Waals surface area contributed by atoms with E-state index in [2.05, 4.69) is 35.4 Å². The molecule has 0 bridgehead atoms. The third kappa shape index (κ3) is 4.62. The molecule has 3 heterocycles. The third-order valence-corrected chi connectivity index (χ3v) is 8.70. The summed E-state index contributed by atoms with van der Waals surface area (Å²) < 4.78 is 35.0. The van der Waals surface area contributed by atoms with Crippen LogP contribution in [-0.4, -0.2) is 49.6 Å². The zero-order valence-corrected chi connectivity index (χ0v) is 21.9. The second-order valence-electron chi connectivity index (χ2n) is 10.2. The predicted molar refractivity (Wildman–Crippen MR) is 140 cm³/mol. The van der Waals surface area contributed by atoms with Crippen LogP contribution in [0.3, 0.4) is 0 Å². The molecule has 3 aromatic rings. The van der Waals surface area contributed by atoms with Crippen LogP contribution in [0.4, 0.5) is 5.82 Å². The predicted octanol–water partition coefficient (Wildman–Crippen LogP) is 4.06. The number of ether oxygens (including phenoxy) is 1. The lowest BCUT2D eigenvalue weighted by atomic mass is 9.93. The summed E-state index contributed by atoms with van der Waals surface area (Å²) in [5.74, 6) is 0.303. The summed E-state index contributed by atoms with van der Waals surface area (Å²) in [6.07, 6.45) is 7.73. The summed E-state index contributed by atoms with van der Waals surface area (Å²) in [5, 5.41) is 0.560. The van der Waals surface area contributed by atoms with E-state index in [1.54, 1.807) is 18.3 Å². The minimum Gasteiger partial charge on any atom is -0.375 e. The number of piperidine rings is 1. The van der Waals surface area contributed by atoms with E-state index in [0.29, 0.717) is 23.7 Å². The van der Waals surface area contributed by atoms with Crippen molar-refractivity contribution >= 4 is 32.7 Å². The Hall–Kier alpha value is -2.91. The van der Waals surface area contributed by atoms with Crippen LogP contribution in [-0.2, 0) is 31.4 Å². The van der Waals surface area contributed by atoms with Gasteiger partial charge in [0.25, 0.3) is 10.0 Å². The number of hydrogen-bond acceptors (Lipinski definition) is 6. The van der Waals surface area contributed by atoms with Crippen molar-refractivity contribution in [2.45, 2.75) is 75.4 Å². The van der Waals surface area contributed by atoms with E-state index in [0.717, 1.165) is 49.3 Å². The number of H-pyrrole nitrogens is 1. The Bertz CT molecular complexity index is 1370. The summed E-state index contributed by atoms with van der Waals surface area (Å²) in [6, 6.07) is 8.76. The van der Waals surface area contributed by atoms with E-state index in [-0.39, 0.29) is 17.1 Å². The van der Waals surface area contributed by atoms with Crippen molar-refractivity contribution in [2.75, 3.05) is 18.0 Å². The highest BCUT2D eigenvalue weighted by Crippen LogP contribution is 2.52. The summed E-state index contributed by atoms with van der Waals surface area (Å²) in [7, 11) is -4.05. The Morgan fingerprint density at radius 2 is 2.00 bits per heavy atom. The summed E-state index contributed by atoms with van der Waals surface area (Å²) in [4.78, 5) is 23.8. The van der Waals surface area contributed by atoms with Crippen molar-refractivity contribution in [3.63, 3.8) is 0 Å². The van der Waals surface area contributed by atoms with Crippen LogP contribution in [0.5, 0.6) is 0 Å². The van der Waals surface area contributed by atoms with Crippen molar-refractivity contribution in [3.8, 4) is 0 Å². The van der Waals surface area contributed by atoms with Gasteiger partial charge in [0.15, 0.2) is 0 Å². The maximum atomic E-state index is 13.6. The second-order valence-corrected chi connectivity index (χ2v) is 11.8. The first-order chi connectivity index (χ1) is 17.2. The normalized spacial score (nSPS) is 18.1. The van der Waals surface area contributed by atoms with Gasteiger partial charge >= 0.3 is 0 Å². The highest BCUT2D eigenvalue weighted by Gasteiger charge is 2.54. The van der Waals surface area contributed by atoms with Crippen molar-refractivity contribution in [1.82, 2.24) is 14.7 Å². The Kier molecular flexibility index (Phi) is 6.55. The molecule has 36 heavy (non-hydrogen) atoms. The molecule has 2 aliphatic rings. The molecule has 1 saturated carbocycles. The van der Waals surface area contributed by atoms with Gasteiger partial charge in [0, 0.05) is 41.9 Å². The van der Waals surface area contributed by atoms with E-state index in [9.17, 15) is 13.2 Å². The number of aromatic nitrogens is 2. The molecular formula is C27H34N4O4S.